The molecule has 0 saturated heterocycles. The van der Waals surface area contributed by atoms with Crippen LogP contribution in [0.2, 0.25) is 0 Å². The van der Waals surface area contributed by atoms with E-state index in [2.05, 4.69) is 10.4 Å². The van der Waals surface area contributed by atoms with Crippen molar-refractivity contribution >= 4 is 29.6 Å². The summed E-state index contributed by atoms with van der Waals surface area (Å²) in [6.07, 6.45) is -1.11. The van der Waals surface area contributed by atoms with Crippen LogP contribution < -0.4 is 5.32 Å². The average Bonchev–Trinajstić information content (AvgIpc) is 2.95. The van der Waals surface area contributed by atoms with Crippen molar-refractivity contribution in [3.05, 3.63) is 35.4 Å². The Morgan fingerprint density at radius 1 is 1.06 bits per heavy atom. The van der Waals surface area contributed by atoms with Gasteiger partial charge in [0, 0.05) is 18.2 Å². The molecular formula is C24H34N4O7. The molecule has 0 aromatic heterocycles. The van der Waals surface area contributed by atoms with Crippen LogP contribution in [0.5, 0.6) is 0 Å². The van der Waals surface area contributed by atoms with E-state index in [0.29, 0.717) is 5.56 Å². The number of nitrogens with zero attached hydrogens (tertiary/aromatic N) is 3. The molecule has 1 aromatic rings. The molecule has 1 heterocycles. The van der Waals surface area contributed by atoms with Crippen molar-refractivity contribution in [2.75, 3.05) is 7.05 Å². The van der Waals surface area contributed by atoms with Crippen molar-refractivity contribution in [2.45, 2.75) is 78.2 Å². The average molecular weight is 491 g/mol. The van der Waals surface area contributed by atoms with E-state index in [1.807, 2.05) is 0 Å². The molecule has 192 valence electrons. The lowest BCUT2D eigenvalue weighted by Crippen LogP contribution is -2.59. The molecule has 2 rings (SSSR count). The van der Waals surface area contributed by atoms with Crippen molar-refractivity contribution in [3.63, 3.8) is 0 Å². The van der Waals surface area contributed by atoms with E-state index < -0.39 is 46.7 Å². The first-order valence-electron chi connectivity index (χ1n) is 11.1. The zero-order valence-electron chi connectivity index (χ0n) is 21.6. The molecule has 1 aliphatic rings. The molecule has 11 heteroatoms. The van der Waals surface area contributed by atoms with Crippen molar-refractivity contribution in [1.82, 2.24) is 15.4 Å². The second-order valence-electron chi connectivity index (χ2n) is 10.4. The Kier molecular flexibility index (Phi) is 7.66. The molecule has 35 heavy (non-hydrogen) atoms. The molecule has 0 saturated carbocycles. The predicted molar refractivity (Wildman–Crippen MR) is 127 cm³/mol. The largest absolute Gasteiger partial charge is 0.458 e. The summed E-state index contributed by atoms with van der Waals surface area (Å²) in [5, 5.41) is 18.7. The third-order valence-corrected chi connectivity index (χ3v) is 4.94. The maximum Gasteiger partial charge on any atom is 0.435 e. The standard InChI is InChI=1S/C24H34N4O7/c1-14(19(30)34-22(2,3)4)25-18(29)16-12-10-15(11-13-16)17-24(8,20(31)27(9)26-17)28(33)21(32)35-23(5,6)7/h10-14,33H,1-9H3,(H,25,29). The number of hydrazone groups is 1. The van der Waals surface area contributed by atoms with Gasteiger partial charge in [-0.2, -0.15) is 10.2 Å². The SMILES string of the molecule is CC(NC(=O)c1ccc(C2=NN(C)C(=O)C2(C)N(O)C(=O)OC(C)(C)C)cc1)C(=O)OC(C)(C)C. The summed E-state index contributed by atoms with van der Waals surface area (Å²) >= 11 is 0. The van der Waals surface area contributed by atoms with E-state index in [1.54, 1.807) is 41.5 Å². The first-order chi connectivity index (χ1) is 15.9. The summed E-state index contributed by atoms with van der Waals surface area (Å²) < 4.78 is 10.5. The molecule has 0 spiro atoms. The molecule has 3 amide bonds. The van der Waals surface area contributed by atoms with Gasteiger partial charge in [-0.1, -0.05) is 12.1 Å². The summed E-state index contributed by atoms with van der Waals surface area (Å²) in [5.74, 6) is -1.71. The van der Waals surface area contributed by atoms with Gasteiger partial charge in [0.15, 0.2) is 5.54 Å². The van der Waals surface area contributed by atoms with Gasteiger partial charge < -0.3 is 14.8 Å². The van der Waals surface area contributed by atoms with E-state index in [0.717, 1.165) is 5.01 Å². The molecule has 0 fully saturated rings. The number of hydrogen-bond donors (Lipinski definition) is 2. The van der Waals surface area contributed by atoms with E-state index >= 15 is 0 Å². The van der Waals surface area contributed by atoms with E-state index in [4.69, 9.17) is 9.47 Å². The predicted octanol–water partition coefficient (Wildman–Crippen LogP) is 2.71. The Balaban J connectivity index is 2.25. The molecule has 2 atom stereocenters. The third-order valence-electron chi connectivity index (χ3n) is 4.94. The molecular weight excluding hydrogens is 456 g/mol. The maximum atomic E-state index is 12.9. The number of carbonyl (C=O) groups excluding carboxylic acids is 4. The van der Waals surface area contributed by atoms with Crippen LogP contribution in [-0.2, 0) is 19.1 Å². The summed E-state index contributed by atoms with van der Waals surface area (Å²) in [4.78, 5) is 50.1. The van der Waals surface area contributed by atoms with Crippen molar-refractivity contribution < 1.29 is 33.9 Å². The van der Waals surface area contributed by atoms with Crippen LogP contribution in [0.3, 0.4) is 0 Å². The highest BCUT2D eigenvalue weighted by atomic mass is 16.6. The van der Waals surface area contributed by atoms with Gasteiger partial charge in [-0.15, -0.1) is 0 Å². The summed E-state index contributed by atoms with van der Waals surface area (Å²) in [7, 11) is 1.40. The molecule has 1 aromatic carbocycles. The van der Waals surface area contributed by atoms with Gasteiger partial charge in [0.2, 0.25) is 0 Å². The minimum Gasteiger partial charge on any atom is -0.458 e. The van der Waals surface area contributed by atoms with Crippen molar-refractivity contribution in [1.29, 1.82) is 0 Å². The Morgan fingerprint density at radius 3 is 2.06 bits per heavy atom. The number of ether oxygens (including phenoxy) is 2. The number of nitrogens with one attached hydrogen (secondary N) is 1. The molecule has 0 radical (unpaired) electrons. The van der Waals surface area contributed by atoms with Crippen molar-refractivity contribution in [2.24, 2.45) is 5.10 Å². The van der Waals surface area contributed by atoms with E-state index in [9.17, 15) is 24.4 Å². The van der Waals surface area contributed by atoms with Crippen LogP contribution in [0.1, 0.15) is 71.3 Å². The zero-order chi connectivity index (χ0) is 26.9. The number of likely N-dealkylation sites (N-methyl/N-ethyl adjacent to an activating group) is 1. The number of benzene rings is 1. The fraction of sp³-hybridized carbons (Fsp3) is 0.542. The smallest absolute Gasteiger partial charge is 0.435 e. The normalized spacial score (nSPS) is 19.1. The lowest BCUT2D eigenvalue weighted by Gasteiger charge is -2.33. The van der Waals surface area contributed by atoms with Gasteiger partial charge >= 0.3 is 12.1 Å². The molecule has 11 nitrogen and oxygen atoms in total. The highest BCUT2D eigenvalue weighted by Crippen LogP contribution is 2.30. The molecule has 1 aliphatic heterocycles. The number of rotatable bonds is 5. The Labute approximate surface area is 205 Å². The van der Waals surface area contributed by atoms with E-state index in [1.165, 1.54) is 45.2 Å². The second kappa shape index (κ2) is 9.65. The summed E-state index contributed by atoms with van der Waals surface area (Å²) in [6, 6.07) is 5.15. The highest BCUT2D eigenvalue weighted by Gasteiger charge is 2.54. The molecule has 2 unspecified atom stereocenters. The number of carbonyl (C=O) groups is 4. The minimum absolute atomic E-state index is 0.0902. The van der Waals surface area contributed by atoms with Gasteiger partial charge in [0.05, 0.1) is 0 Å². The van der Waals surface area contributed by atoms with Gasteiger partial charge in [-0.3, -0.25) is 14.8 Å². The van der Waals surface area contributed by atoms with E-state index in [-0.39, 0.29) is 16.3 Å². The van der Waals surface area contributed by atoms with Gasteiger partial charge in [-0.25, -0.2) is 14.6 Å². The number of esters is 1. The topological polar surface area (TPSA) is 138 Å². The third kappa shape index (κ3) is 6.36. The number of hydroxylamine groups is 2. The zero-order valence-corrected chi connectivity index (χ0v) is 21.6. The first-order valence-corrected chi connectivity index (χ1v) is 11.1. The Hall–Kier alpha value is -3.47. The number of amides is 3. The number of hydrogen-bond acceptors (Lipinski definition) is 8. The fourth-order valence-corrected chi connectivity index (χ4v) is 3.24. The van der Waals surface area contributed by atoms with Crippen molar-refractivity contribution in [3.8, 4) is 0 Å². The van der Waals surface area contributed by atoms with Crippen LogP contribution in [0.25, 0.3) is 0 Å². The van der Waals surface area contributed by atoms with Crippen LogP contribution in [0.4, 0.5) is 4.79 Å². The Bertz CT molecular complexity index is 1040. The van der Waals surface area contributed by atoms with Gasteiger partial charge in [0.25, 0.3) is 11.8 Å². The first kappa shape index (κ1) is 27.8. The summed E-state index contributed by atoms with van der Waals surface area (Å²) in [5.41, 5.74) is -2.71. The lowest BCUT2D eigenvalue weighted by molar-refractivity contribution is -0.162. The lowest BCUT2D eigenvalue weighted by atomic mass is 9.89. The Morgan fingerprint density at radius 2 is 1.57 bits per heavy atom. The molecule has 0 aliphatic carbocycles. The van der Waals surface area contributed by atoms with Gasteiger partial charge in [0.1, 0.15) is 23.0 Å². The quantitative estimate of drug-likeness (QED) is 0.368. The monoisotopic (exact) mass is 490 g/mol. The fourth-order valence-electron chi connectivity index (χ4n) is 3.24. The minimum atomic E-state index is -1.86. The summed E-state index contributed by atoms with van der Waals surface area (Å²) in [6.45, 7) is 13.0. The highest BCUT2D eigenvalue weighted by molar-refractivity contribution is 6.24. The molecule has 0 bridgehead atoms. The maximum absolute atomic E-state index is 12.9. The second-order valence-corrected chi connectivity index (χ2v) is 10.4. The van der Waals surface area contributed by atoms with Gasteiger partial charge in [-0.05, 0) is 67.5 Å². The van der Waals surface area contributed by atoms with Crippen LogP contribution in [0, 0.1) is 0 Å². The van der Waals surface area contributed by atoms with Crippen LogP contribution in [0.15, 0.2) is 29.4 Å². The van der Waals surface area contributed by atoms with Crippen LogP contribution in [-0.4, -0.2) is 74.7 Å². The van der Waals surface area contributed by atoms with Crippen LogP contribution >= 0.6 is 0 Å². The molecule has 2 N–H and O–H groups in total.